The van der Waals surface area contributed by atoms with Gasteiger partial charge in [0.15, 0.2) is 0 Å². The SMILES string of the molecule is CC.Cc1cccs1.NCC(=O)O. The first kappa shape index (κ1) is 14.6. The molecular weight excluding hydrogens is 186 g/mol. The summed E-state index contributed by atoms with van der Waals surface area (Å²) in [6.45, 7) is 5.82. The van der Waals surface area contributed by atoms with Crippen molar-refractivity contribution in [1.82, 2.24) is 0 Å². The standard InChI is InChI=1S/C5H6S.C2H5NO2.C2H6/c1-5-3-2-4-6-5;3-1-2(4)5;1-2/h2-4H,1H3;1,3H2,(H,4,5);1-2H3. The van der Waals surface area contributed by atoms with Crippen LogP contribution >= 0.6 is 11.3 Å². The third-order valence-electron chi connectivity index (χ3n) is 0.838. The molecule has 4 heteroatoms. The van der Waals surface area contributed by atoms with Crippen LogP contribution in [0.5, 0.6) is 0 Å². The van der Waals surface area contributed by atoms with Gasteiger partial charge in [-0.25, -0.2) is 0 Å². The van der Waals surface area contributed by atoms with E-state index in [1.165, 1.54) is 4.88 Å². The Labute approximate surface area is 83.2 Å². The van der Waals surface area contributed by atoms with Crippen molar-refractivity contribution in [3.8, 4) is 0 Å². The maximum absolute atomic E-state index is 9.24. The van der Waals surface area contributed by atoms with Crippen molar-refractivity contribution < 1.29 is 9.90 Å². The van der Waals surface area contributed by atoms with Gasteiger partial charge >= 0.3 is 5.97 Å². The third-order valence-corrected chi connectivity index (χ3v) is 1.64. The minimum atomic E-state index is -0.968. The molecule has 0 saturated carbocycles. The third kappa shape index (κ3) is 14.0. The van der Waals surface area contributed by atoms with E-state index in [-0.39, 0.29) is 6.54 Å². The molecule has 1 rings (SSSR count). The summed E-state index contributed by atoms with van der Waals surface area (Å²) in [5.41, 5.74) is 4.57. The molecule has 0 spiro atoms. The fourth-order valence-electron chi connectivity index (χ4n) is 0.361. The topological polar surface area (TPSA) is 63.3 Å². The molecule has 1 aromatic heterocycles. The van der Waals surface area contributed by atoms with Crippen molar-refractivity contribution in [3.05, 3.63) is 22.4 Å². The number of hydrogen-bond acceptors (Lipinski definition) is 3. The number of carboxylic acid groups (broad SMARTS) is 1. The molecule has 1 heterocycles. The van der Waals surface area contributed by atoms with Crippen molar-refractivity contribution in [1.29, 1.82) is 0 Å². The van der Waals surface area contributed by atoms with Crippen LogP contribution in [0.15, 0.2) is 17.5 Å². The number of rotatable bonds is 1. The zero-order valence-corrected chi connectivity index (χ0v) is 9.10. The number of carbonyl (C=O) groups is 1. The number of hydrogen-bond donors (Lipinski definition) is 2. The van der Waals surface area contributed by atoms with E-state index in [4.69, 9.17) is 5.11 Å². The first-order chi connectivity index (χ1) is 6.16. The summed E-state index contributed by atoms with van der Waals surface area (Å²) in [6.07, 6.45) is 0. The molecule has 0 fully saturated rings. The number of thiophene rings is 1. The second kappa shape index (κ2) is 11.1. The monoisotopic (exact) mass is 203 g/mol. The average molecular weight is 203 g/mol. The Morgan fingerprint density at radius 3 is 2.15 bits per heavy atom. The molecule has 3 nitrogen and oxygen atoms in total. The molecule has 0 radical (unpaired) electrons. The fourth-order valence-corrected chi connectivity index (χ4v) is 0.890. The average Bonchev–Trinajstić information content (AvgIpc) is 2.60. The summed E-state index contributed by atoms with van der Waals surface area (Å²) >= 11 is 1.78. The van der Waals surface area contributed by atoms with Gasteiger partial charge in [-0.05, 0) is 18.4 Å². The number of aryl methyl sites for hydroxylation is 1. The maximum atomic E-state index is 9.24. The first-order valence-corrected chi connectivity index (χ1v) is 4.96. The Balaban J connectivity index is 0. The van der Waals surface area contributed by atoms with Crippen molar-refractivity contribution in [3.63, 3.8) is 0 Å². The first-order valence-electron chi connectivity index (χ1n) is 4.08. The summed E-state index contributed by atoms with van der Waals surface area (Å²) < 4.78 is 0. The van der Waals surface area contributed by atoms with Crippen LogP contribution in [0.4, 0.5) is 0 Å². The molecule has 0 amide bonds. The van der Waals surface area contributed by atoms with Crippen molar-refractivity contribution >= 4 is 17.3 Å². The molecule has 0 unspecified atom stereocenters. The van der Waals surface area contributed by atoms with Crippen LogP contribution < -0.4 is 5.73 Å². The predicted octanol–water partition coefficient (Wildman–Crippen LogP) is 2.11. The number of carboxylic acids is 1. The zero-order chi connectivity index (χ0) is 10.7. The highest BCUT2D eigenvalue weighted by atomic mass is 32.1. The van der Waals surface area contributed by atoms with Crippen molar-refractivity contribution in [2.75, 3.05) is 6.54 Å². The van der Waals surface area contributed by atoms with Gasteiger partial charge in [-0.3, -0.25) is 4.79 Å². The highest BCUT2D eigenvalue weighted by Gasteiger charge is 1.81. The van der Waals surface area contributed by atoms with Gasteiger partial charge in [0.1, 0.15) is 0 Å². The molecule has 0 saturated heterocycles. The predicted molar refractivity (Wildman–Crippen MR) is 57.1 cm³/mol. The maximum Gasteiger partial charge on any atom is 0.317 e. The lowest BCUT2D eigenvalue weighted by Crippen LogP contribution is -2.10. The van der Waals surface area contributed by atoms with Gasteiger partial charge in [0.05, 0.1) is 6.54 Å². The second-order valence-corrected chi connectivity index (χ2v) is 2.97. The molecule has 0 bridgehead atoms. The Kier molecular flexibility index (Phi) is 12.5. The fraction of sp³-hybridized carbons (Fsp3) is 0.444. The molecule has 0 aliphatic carbocycles. The second-order valence-electron chi connectivity index (χ2n) is 1.82. The van der Waals surface area contributed by atoms with Crippen LogP contribution in [-0.2, 0) is 4.79 Å². The van der Waals surface area contributed by atoms with E-state index in [0.29, 0.717) is 0 Å². The summed E-state index contributed by atoms with van der Waals surface area (Å²) in [6, 6.07) is 4.16. The van der Waals surface area contributed by atoms with Gasteiger partial charge in [0, 0.05) is 4.88 Å². The van der Waals surface area contributed by atoms with E-state index >= 15 is 0 Å². The molecule has 0 atom stereocenters. The summed E-state index contributed by atoms with van der Waals surface area (Å²) in [7, 11) is 0. The molecule has 13 heavy (non-hydrogen) atoms. The van der Waals surface area contributed by atoms with Gasteiger partial charge in [-0.2, -0.15) is 0 Å². The Bertz CT molecular complexity index is 197. The Hall–Kier alpha value is -0.870. The molecule has 0 aliphatic heterocycles. The molecular formula is C9H17NO2S. The van der Waals surface area contributed by atoms with Gasteiger partial charge < -0.3 is 10.8 Å². The molecule has 0 aliphatic rings. The largest absolute Gasteiger partial charge is 0.480 e. The molecule has 3 N–H and O–H groups in total. The van der Waals surface area contributed by atoms with Gasteiger partial charge in [-0.15, -0.1) is 11.3 Å². The van der Waals surface area contributed by atoms with E-state index in [9.17, 15) is 4.79 Å². The van der Waals surface area contributed by atoms with E-state index in [1.807, 2.05) is 13.8 Å². The van der Waals surface area contributed by atoms with Crippen LogP contribution in [0, 0.1) is 6.92 Å². The number of nitrogens with two attached hydrogens (primary N) is 1. The molecule has 76 valence electrons. The lowest BCUT2D eigenvalue weighted by molar-refractivity contribution is -0.135. The lowest BCUT2D eigenvalue weighted by Gasteiger charge is -1.73. The van der Waals surface area contributed by atoms with Crippen molar-refractivity contribution in [2.45, 2.75) is 20.8 Å². The summed E-state index contributed by atoms with van der Waals surface area (Å²) in [5.74, 6) is -0.968. The highest BCUT2D eigenvalue weighted by Crippen LogP contribution is 2.03. The van der Waals surface area contributed by atoms with Crippen LogP contribution in [0.2, 0.25) is 0 Å². The van der Waals surface area contributed by atoms with E-state index < -0.39 is 5.97 Å². The minimum absolute atomic E-state index is 0.278. The molecule has 1 aromatic rings. The van der Waals surface area contributed by atoms with E-state index in [2.05, 4.69) is 30.2 Å². The minimum Gasteiger partial charge on any atom is -0.480 e. The van der Waals surface area contributed by atoms with E-state index in [0.717, 1.165) is 0 Å². The number of aliphatic carboxylic acids is 1. The van der Waals surface area contributed by atoms with Gasteiger partial charge in [-0.1, -0.05) is 19.9 Å². The van der Waals surface area contributed by atoms with Crippen LogP contribution in [-0.4, -0.2) is 17.6 Å². The summed E-state index contributed by atoms with van der Waals surface area (Å²) in [5, 5.41) is 9.68. The Morgan fingerprint density at radius 1 is 1.62 bits per heavy atom. The summed E-state index contributed by atoms with van der Waals surface area (Å²) in [4.78, 5) is 10.6. The lowest BCUT2D eigenvalue weighted by atomic mass is 10.5. The van der Waals surface area contributed by atoms with Crippen LogP contribution in [0.3, 0.4) is 0 Å². The normalized spacial score (nSPS) is 7.38. The Morgan fingerprint density at radius 2 is 2.08 bits per heavy atom. The van der Waals surface area contributed by atoms with Crippen LogP contribution in [0.1, 0.15) is 18.7 Å². The zero-order valence-electron chi connectivity index (χ0n) is 8.28. The van der Waals surface area contributed by atoms with Crippen LogP contribution in [0.25, 0.3) is 0 Å². The highest BCUT2D eigenvalue weighted by molar-refractivity contribution is 7.09. The smallest absolute Gasteiger partial charge is 0.317 e. The van der Waals surface area contributed by atoms with E-state index in [1.54, 1.807) is 11.3 Å². The van der Waals surface area contributed by atoms with Crippen molar-refractivity contribution in [2.24, 2.45) is 5.73 Å². The quantitative estimate of drug-likeness (QED) is 0.734. The van der Waals surface area contributed by atoms with Gasteiger partial charge in [0.25, 0.3) is 0 Å². The molecule has 0 aromatic carbocycles. The van der Waals surface area contributed by atoms with Gasteiger partial charge in [0.2, 0.25) is 0 Å².